The van der Waals surface area contributed by atoms with Gasteiger partial charge in [-0.05, 0) is 74.2 Å². The summed E-state index contributed by atoms with van der Waals surface area (Å²) in [6, 6.07) is 20.6. The summed E-state index contributed by atoms with van der Waals surface area (Å²) < 4.78 is 0. The van der Waals surface area contributed by atoms with Gasteiger partial charge in [0.05, 0.1) is 16.9 Å². The number of rotatable bonds is 8. The summed E-state index contributed by atoms with van der Waals surface area (Å²) in [4.78, 5) is 41.2. The first-order valence-corrected chi connectivity index (χ1v) is 13.5. The molecule has 2 aromatic heterocycles. The maximum absolute atomic E-state index is 13.3. The topological polar surface area (TPSA) is 69.6 Å². The smallest absolute Gasteiger partial charge is 0.242 e. The van der Waals surface area contributed by atoms with E-state index in [-0.39, 0.29) is 36.6 Å². The van der Waals surface area contributed by atoms with Crippen molar-refractivity contribution in [3.8, 4) is 0 Å². The Morgan fingerprint density at radius 1 is 0.854 bits per heavy atom. The Kier molecular flexibility index (Phi) is 10.5. The second-order valence-electron chi connectivity index (χ2n) is 10.7. The molecule has 0 N–H and O–H groups in total. The molecular formula is C32H37Cl2N5O2. The maximum Gasteiger partial charge on any atom is 0.242 e. The number of pyridine rings is 2. The highest BCUT2D eigenvalue weighted by Gasteiger charge is 2.45. The highest BCUT2D eigenvalue weighted by Crippen LogP contribution is 2.39. The average molecular weight is 595 g/mol. The summed E-state index contributed by atoms with van der Waals surface area (Å²) in [5, 5.41) is 1.15. The lowest BCUT2D eigenvalue weighted by Gasteiger charge is -2.27. The number of anilines is 2. The molecule has 1 aliphatic heterocycles. The highest BCUT2D eigenvalue weighted by atomic mass is 35.5. The molecule has 2 amide bonds. The van der Waals surface area contributed by atoms with E-state index in [4.69, 9.17) is 0 Å². The first-order chi connectivity index (χ1) is 18.8. The molecule has 0 radical (unpaired) electrons. The minimum atomic E-state index is -1.12. The lowest BCUT2D eigenvalue weighted by Crippen LogP contribution is -2.47. The second kappa shape index (κ2) is 13.4. The third-order valence-corrected chi connectivity index (χ3v) is 7.60. The molecule has 0 saturated carbocycles. The van der Waals surface area contributed by atoms with E-state index in [1.165, 1.54) is 11.1 Å². The SMILES string of the molecule is CCN1C(=O)C(C)(C)C(=O)N(C)c2cc(CN(CCc3cccnc3)Cc3cccc4ncccc34)ccc21.Cl.Cl. The van der Waals surface area contributed by atoms with Crippen LogP contribution in [0.25, 0.3) is 10.9 Å². The van der Waals surface area contributed by atoms with E-state index in [0.29, 0.717) is 13.1 Å². The van der Waals surface area contributed by atoms with E-state index in [1.54, 1.807) is 36.9 Å². The lowest BCUT2D eigenvalue weighted by atomic mass is 9.90. The van der Waals surface area contributed by atoms with Gasteiger partial charge in [-0.2, -0.15) is 0 Å². The van der Waals surface area contributed by atoms with Crippen molar-refractivity contribution in [1.82, 2.24) is 14.9 Å². The molecular weight excluding hydrogens is 557 g/mol. The van der Waals surface area contributed by atoms with Gasteiger partial charge in [-0.1, -0.05) is 30.3 Å². The normalized spacial score (nSPS) is 14.4. The van der Waals surface area contributed by atoms with Crippen molar-refractivity contribution in [2.75, 3.05) is 29.9 Å². The van der Waals surface area contributed by atoms with Crippen LogP contribution in [0.2, 0.25) is 0 Å². The van der Waals surface area contributed by atoms with Gasteiger partial charge in [-0.15, -0.1) is 24.8 Å². The predicted octanol–water partition coefficient (Wildman–Crippen LogP) is 6.07. The van der Waals surface area contributed by atoms with Gasteiger partial charge in [-0.3, -0.25) is 24.5 Å². The van der Waals surface area contributed by atoms with Crippen LogP contribution in [-0.2, 0) is 29.1 Å². The molecule has 4 aromatic rings. The number of carbonyl (C=O) groups is 2. The second-order valence-corrected chi connectivity index (χ2v) is 10.7. The zero-order chi connectivity index (χ0) is 27.6. The van der Waals surface area contributed by atoms with Crippen molar-refractivity contribution in [2.24, 2.45) is 5.41 Å². The van der Waals surface area contributed by atoms with Gasteiger partial charge in [-0.25, -0.2) is 0 Å². The summed E-state index contributed by atoms with van der Waals surface area (Å²) in [5.74, 6) is -0.366. The molecule has 7 nitrogen and oxygen atoms in total. The Morgan fingerprint density at radius 3 is 2.37 bits per heavy atom. The van der Waals surface area contributed by atoms with Crippen molar-refractivity contribution in [2.45, 2.75) is 40.3 Å². The third kappa shape index (κ3) is 6.53. The number of hydrogen-bond donors (Lipinski definition) is 0. The van der Waals surface area contributed by atoms with Crippen LogP contribution in [0, 0.1) is 5.41 Å². The van der Waals surface area contributed by atoms with Crippen LogP contribution in [0.3, 0.4) is 0 Å². The number of aromatic nitrogens is 2. The van der Waals surface area contributed by atoms with E-state index in [0.717, 1.165) is 47.4 Å². The molecule has 0 bridgehead atoms. The lowest BCUT2D eigenvalue weighted by molar-refractivity contribution is -0.137. The predicted molar refractivity (Wildman–Crippen MR) is 170 cm³/mol. The van der Waals surface area contributed by atoms with Gasteiger partial charge in [0.2, 0.25) is 11.8 Å². The average Bonchev–Trinajstić information content (AvgIpc) is 3.01. The van der Waals surface area contributed by atoms with E-state index in [9.17, 15) is 9.59 Å². The Morgan fingerprint density at radius 2 is 1.63 bits per heavy atom. The van der Waals surface area contributed by atoms with E-state index in [1.807, 2.05) is 43.6 Å². The maximum atomic E-state index is 13.3. The van der Waals surface area contributed by atoms with Crippen molar-refractivity contribution < 1.29 is 9.59 Å². The van der Waals surface area contributed by atoms with Gasteiger partial charge in [0.25, 0.3) is 0 Å². The minimum absolute atomic E-state index is 0. The molecule has 0 saturated heterocycles. The fraction of sp³-hybridized carbons (Fsp3) is 0.312. The number of halogens is 2. The number of amides is 2. The minimum Gasteiger partial charge on any atom is -0.313 e. The molecule has 3 heterocycles. The van der Waals surface area contributed by atoms with Gasteiger partial charge < -0.3 is 9.80 Å². The van der Waals surface area contributed by atoms with Gasteiger partial charge in [0, 0.05) is 57.2 Å². The highest BCUT2D eigenvalue weighted by molar-refractivity contribution is 6.19. The van der Waals surface area contributed by atoms with Crippen molar-refractivity contribution in [3.05, 3.63) is 95.9 Å². The standard InChI is InChI=1S/C32H35N5O2.2ClH/c1-5-37-28-14-13-24(19-29(28)35(4)30(38)32(2,3)31(37)39)21-36(18-15-23-9-7-16-33-20-23)22-25-10-6-12-27-26(25)11-8-17-34-27;;/h6-14,16-17,19-20H,5,15,18,21-22H2,1-4H3;2*1H. The van der Waals surface area contributed by atoms with Crippen molar-refractivity contribution >= 4 is 58.9 Å². The van der Waals surface area contributed by atoms with Crippen molar-refractivity contribution in [1.29, 1.82) is 0 Å². The number of nitrogens with zero attached hydrogens (tertiary/aromatic N) is 5. The Hall–Kier alpha value is -3.52. The number of carbonyl (C=O) groups excluding carboxylic acids is 2. The Labute approximate surface area is 254 Å². The summed E-state index contributed by atoms with van der Waals surface area (Å²) in [7, 11) is 1.77. The zero-order valence-corrected chi connectivity index (χ0v) is 25.5. The number of fused-ring (bicyclic) bond motifs is 2. The fourth-order valence-corrected chi connectivity index (χ4v) is 5.40. The van der Waals surface area contributed by atoms with Crippen LogP contribution < -0.4 is 9.80 Å². The molecule has 0 fully saturated rings. The molecule has 0 spiro atoms. The first kappa shape index (κ1) is 32.0. The summed E-state index contributed by atoms with van der Waals surface area (Å²) in [6.45, 7) is 8.15. The van der Waals surface area contributed by atoms with Crippen LogP contribution in [-0.4, -0.2) is 46.8 Å². The zero-order valence-electron chi connectivity index (χ0n) is 23.9. The number of hydrogen-bond acceptors (Lipinski definition) is 5. The van der Waals surface area contributed by atoms with Gasteiger partial charge >= 0.3 is 0 Å². The molecule has 216 valence electrons. The van der Waals surface area contributed by atoms with Crippen LogP contribution in [0.1, 0.15) is 37.5 Å². The van der Waals surface area contributed by atoms with Crippen LogP contribution in [0.5, 0.6) is 0 Å². The first-order valence-electron chi connectivity index (χ1n) is 13.5. The summed E-state index contributed by atoms with van der Waals surface area (Å²) in [5.41, 5.74) is 4.89. The van der Waals surface area contributed by atoms with Crippen LogP contribution in [0.4, 0.5) is 11.4 Å². The Bertz CT molecular complexity index is 1510. The molecule has 0 aliphatic carbocycles. The molecule has 41 heavy (non-hydrogen) atoms. The monoisotopic (exact) mass is 593 g/mol. The van der Waals surface area contributed by atoms with Gasteiger partial charge in [0.15, 0.2) is 0 Å². The summed E-state index contributed by atoms with van der Waals surface area (Å²) >= 11 is 0. The molecule has 2 aromatic carbocycles. The largest absolute Gasteiger partial charge is 0.313 e. The molecule has 1 aliphatic rings. The number of benzene rings is 2. The van der Waals surface area contributed by atoms with E-state index < -0.39 is 5.41 Å². The van der Waals surface area contributed by atoms with Crippen LogP contribution >= 0.6 is 24.8 Å². The molecule has 9 heteroatoms. The van der Waals surface area contributed by atoms with Crippen LogP contribution in [0.15, 0.2) is 79.3 Å². The van der Waals surface area contributed by atoms with Crippen molar-refractivity contribution in [3.63, 3.8) is 0 Å². The van der Waals surface area contributed by atoms with E-state index in [2.05, 4.69) is 51.3 Å². The van der Waals surface area contributed by atoms with Gasteiger partial charge in [0.1, 0.15) is 5.41 Å². The molecule has 0 atom stereocenters. The quantitative estimate of drug-likeness (QED) is 0.232. The molecule has 5 rings (SSSR count). The third-order valence-electron chi connectivity index (χ3n) is 7.60. The fourth-order valence-electron chi connectivity index (χ4n) is 5.40. The molecule has 0 unspecified atom stereocenters. The summed E-state index contributed by atoms with van der Waals surface area (Å²) in [6.07, 6.45) is 6.41. The van der Waals surface area contributed by atoms with E-state index >= 15 is 0 Å². The Balaban J connectivity index is 0.00000231.